The van der Waals surface area contributed by atoms with E-state index in [0.29, 0.717) is 30.3 Å². The Kier molecular flexibility index (Phi) is 6.43. The fourth-order valence-corrected chi connectivity index (χ4v) is 5.35. The predicted octanol–water partition coefficient (Wildman–Crippen LogP) is 6.41. The van der Waals surface area contributed by atoms with Crippen molar-refractivity contribution in [1.29, 1.82) is 0 Å². The number of carbonyl (C=O) groups excluding carboxylic acids is 1. The number of imidazole rings is 1. The second-order valence-electron chi connectivity index (χ2n) is 9.26. The molecule has 3 N–H and O–H groups in total. The van der Waals surface area contributed by atoms with Crippen molar-refractivity contribution in [3.8, 4) is 21.7 Å². The number of rotatable bonds is 7. The van der Waals surface area contributed by atoms with Crippen molar-refractivity contribution < 1.29 is 4.79 Å². The van der Waals surface area contributed by atoms with E-state index in [4.69, 9.17) is 15.0 Å². The Hall–Kier alpha value is -4.37. The molecule has 0 radical (unpaired) electrons. The van der Waals surface area contributed by atoms with Crippen molar-refractivity contribution in [1.82, 2.24) is 19.9 Å². The van der Waals surface area contributed by atoms with E-state index in [9.17, 15) is 4.79 Å². The van der Waals surface area contributed by atoms with Crippen LogP contribution in [-0.2, 0) is 4.79 Å². The van der Waals surface area contributed by atoms with E-state index in [1.54, 1.807) is 23.7 Å². The van der Waals surface area contributed by atoms with Crippen molar-refractivity contribution >= 4 is 45.4 Å². The quantitative estimate of drug-likeness (QED) is 0.229. The van der Waals surface area contributed by atoms with Crippen LogP contribution < -0.4 is 10.6 Å². The van der Waals surface area contributed by atoms with Gasteiger partial charge in [0.05, 0.1) is 34.3 Å². The first-order valence-corrected chi connectivity index (χ1v) is 13.6. The molecule has 38 heavy (non-hydrogen) atoms. The van der Waals surface area contributed by atoms with Gasteiger partial charge in [-0.2, -0.15) is 0 Å². The number of amides is 1. The van der Waals surface area contributed by atoms with Gasteiger partial charge in [-0.15, -0.1) is 11.3 Å². The maximum absolute atomic E-state index is 12.2. The molecular formula is C29H27N7OS. The lowest BCUT2D eigenvalue weighted by atomic mass is 10.1. The third-order valence-corrected chi connectivity index (χ3v) is 7.46. The number of nitrogens with one attached hydrogen (secondary N) is 3. The Balaban J connectivity index is 1.37. The summed E-state index contributed by atoms with van der Waals surface area (Å²) in [7, 11) is 0. The number of benzene rings is 1. The van der Waals surface area contributed by atoms with Crippen LogP contribution in [0.3, 0.4) is 0 Å². The van der Waals surface area contributed by atoms with Gasteiger partial charge in [-0.25, -0.2) is 9.97 Å². The number of hydrogen-bond acceptors (Lipinski definition) is 7. The molecule has 1 amide bonds. The Morgan fingerprint density at radius 1 is 1.13 bits per heavy atom. The first-order valence-electron chi connectivity index (χ1n) is 12.7. The van der Waals surface area contributed by atoms with Crippen molar-refractivity contribution in [2.24, 2.45) is 4.99 Å². The van der Waals surface area contributed by atoms with Crippen LogP contribution in [0.2, 0.25) is 0 Å². The fraction of sp³-hybridized carbons (Fsp3) is 0.207. The van der Waals surface area contributed by atoms with E-state index in [1.807, 2.05) is 18.2 Å². The molecule has 1 aliphatic heterocycles. The lowest BCUT2D eigenvalue weighted by Gasteiger charge is -2.17. The zero-order chi connectivity index (χ0) is 26.1. The molecule has 1 aromatic carbocycles. The summed E-state index contributed by atoms with van der Waals surface area (Å²) >= 11 is 1.71. The van der Waals surface area contributed by atoms with Crippen LogP contribution in [0.4, 0.5) is 11.4 Å². The highest BCUT2D eigenvalue weighted by Crippen LogP contribution is 2.33. The standard InChI is InChI=1S/C29H27N7OS/c1-3-4-7-24(37)33-19-13-18(14-30-15-19)21-10-11-22-27(34-21)28(32-16-31-22)29-35-25-17(2)8-9-20(26(25)36-29)23-6-5-12-38-23/h5-6,8-15,31H,3-4,7,16H2,1-2H3,(H,33,37)(H,35,36). The number of nitrogens with zero attached hydrogens (tertiary/aromatic N) is 4. The smallest absolute Gasteiger partial charge is 0.224 e. The number of aliphatic imine (C=N–C) groups is 1. The lowest BCUT2D eigenvalue weighted by Crippen LogP contribution is -2.19. The van der Waals surface area contributed by atoms with Crippen LogP contribution in [0.1, 0.15) is 43.3 Å². The molecule has 8 nitrogen and oxygen atoms in total. The first kappa shape index (κ1) is 24.0. The molecule has 0 aliphatic carbocycles. The van der Waals surface area contributed by atoms with Crippen molar-refractivity contribution in [2.45, 2.75) is 33.1 Å². The van der Waals surface area contributed by atoms with Crippen LogP contribution in [-0.4, -0.2) is 38.2 Å². The number of anilines is 2. The van der Waals surface area contributed by atoms with Gasteiger partial charge in [0.2, 0.25) is 5.91 Å². The number of aromatic amines is 1. The van der Waals surface area contributed by atoms with Gasteiger partial charge in [-0.1, -0.05) is 31.5 Å². The minimum absolute atomic E-state index is 0.00934. The minimum Gasteiger partial charge on any atom is -0.364 e. The van der Waals surface area contributed by atoms with Crippen LogP contribution in [0.5, 0.6) is 0 Å². The molecule has 5 heterocycles. The SMILES string of the molecule is CCCCC(=O)Nc1cncc(-c2ccc3c(n2)C(c2nc4c(C)ccc(-c5cccs5)c4[nH]2)=NCN3)c1. The topological polar surface area (TPSA) is 108 Å². The molecule has 0 saturated carbocycles. The van der Waals surface area contributed by atoms with Gasteiger partial charge in [-0.3, -0.25) is 14.8 Å². The van der Waals surface area contributed by atoms with Crippen molar-refractivity contribution in [2.75, 3.05) is 17.3 Å². The highest BCUT2D eigenvalue weighted by Gasteiger charge is 2.23. The molecule has 0 spiro atoms. The first-order chi connectivity index (χ1) is 18.6. The second kappa shape index (κ2) is 10.2. The van der Waals surface area contributed by atoms with Gasteiger partial charge in [0.1, 0.15) is 18.1 Å². The summed E-state index contributed by atoms with van der Waals surface area (Å²) in [6, 6.07) is 14.3. The van der Waals surface area contributed by atoms with Gasteiger partial charge >= 0.3 is 0 Å². The second-order valence-corrected chi connectivity index (χ2v) is 10.2. The molecule has 5 aromatic rings. The number of hydrogen-bond donors (Lipinski definition) is 3. The normalized spacial score (nSPS) is 12.6. The van der Waals surface area contributed by atoms with Crippen LogP contribution >= 0.6 is 11.3 Å². The van der Waals surface area contributed by atoms with Crippen LogP contribution in [0.15, 0.2) is 65.2 Å². The summed E-state index contributed by atoms with van der Waals surface area (Å²) in [5, 5.41) is 8.34. The Morgan fingerprint density at radius 3 is 2.89 bits per heavy atom. The average molecular weight is 522 g/mol. The molecule has 0 unspecified atom stereocenters. The molecule has 0 saturated heterocycles. The zero-order valence-electron chi connectivity index (χ0n) is 21.2. The summed E-state index contributed by atoms with van der Waals surface area (Å²) < 4.78 is 0. The van der Waals surface area contributed by atoms with E-state index in [0.717, 1.165) is 57.6 Å². The van der Waals surface area contributed by atoms with Gasteiger partial charge in [0.25, 0.3) is 0 Å². The maximum Gasteiger partial charge on any atom is 0.224 e. The van der Waals surface area contributed by atoms with E-state index >= 15 is 0 Å². The molecule has 0 bridgehead atoms. The van der Waals surface area contributed by atoms with Crippen molar-refractivity contribution in [3.63, 3.8) is 0 Å². The molecule has 0 fully saturated rings. The number of unbranched alkanes of at least 4 members (excludes halogenated alkanes) is 1. The van der Waals surface area contributed by atoms with E-state index in [2.05, 4.69) is 64.1 Å². The third kappa shape index (κ3) is 4.56. The Morgan fingerprint density at radius 2 is 2.05 bits per heavy atom. The highest BCUT2D eigenvalue weighted by atomic mass is 32.1. The van der Waals surface area contributed by atoms with Gasteiger partial charge in [0, 0.05) is 28.6 Å². The Labute approximate surface area is 224 Å². The summed E-state index contributed by atoms with van der Waals surface area (Å²) in [6.45, 7) is 4.58. The van der Waals surface area contributed by atoms with E-state index in [-0.39, 0.29) is 5.91 Å². The lowest BCUT2D eigenvalue weighted by molar-refractivity contribution is -0.116. The van der Waals surface area contributed by atoms with Gasteiger partial charge < -0.3 is 15.6 Å². The number of aromatic nitrogens is 4. The van der Waals surface area contributed by atoms with Gasteiger partial charge in [-0.05, 0) is 48.6 Å². The number of H-pyrrole nitrogens is 1. The number of aryl methyl sites for hydroxylation is 1. The largest absolute Gasteiger partial charge is 0.364 e. The van der Waals surface area contributed by atoms with Crippen LogP contribution in [0, 0.1) is 6.92 Å². The van der Waals surface area contributed by atoms with Gasteiger partial charge in [0.15, 0.2) is 5.82 Å². The summed E-state index contributed by atoms with van der Waals surface area (Å²) in [5.41, 5.74) is 8.69. The molecule has 4 aromatic heterocycles. The number of fused-ring (bicyclic) bond motifs is 2. The molecular weight excluding hydrogens is 494 g/mol. The predicted molar refractivity (Wildman–Crippen MR) is 154 cm³/mol. The molecule has 1 aliphatic rings. The monoisotopic (exact) mass is 521 g/mol. The summed E-state index contributed by atoms with van der Waals surface area (Å²) in [4.78, 5) is 36.0. The maximum atomic E-state index is 12.2. The van der Waals surface area contributed by atoms with E-state index in [1.165, 1.54) is 4.88 Å². The molecule has 6 rings (SSSR count). The summed E-state index contributed by atoms with van der Waals surface area (Å²) in [5.74, 6) is 0.680. The minimum atomic E-state index is -0.00934. The highest BCUT2D eigenvalue weighted by molar-refractivity contribution is 7.13. The number of carbonyl (C=O) groups is 1. The van der Waals surface area contributed by atoms with E-state index < -0.39 is 0 Å². The van der Waals surface area contributed by atoms with Crippen LogP contribution in [0.25, 0.3) is 32.7 Å². The number of thiophene rings is 1. The third-order valence-electron chi connectivity index (χ3n) is 6.56. The summed E-state index contributed by atoms with van der Waals surface area (Å²) in [6.07, 6.45) is 5.73. The fourth-order valence-electron chi connectivity index (χ4n) is 4.59. The van der Waals surface area contributed by atoms with Crippen molar-refractivity contribution in [3.05, 3.63) is 77.3 Å². The molecule has 190 valence electrons. The average Bonchev–Trinajstić information content (AvgIpc) is 3.63. The molecule has 0 atom stereocenters. The molecule has 9 heteroatoms. The zero-order valence-corrected chi connectivity index (χ0v) is 22.0. The number of pyridine rings is 2. The Bertz CT molecular complexity index is 1670.